The molecule has 3 rings (SSSR count). The first-order chi connectivity index (χ1) is 13.7. The van der Waals surface area contributed by atoms with Gasteiger partial charge in [0.25, 0.3) is 0 Å². The molecular formula is C24H31NO2S. The second-order valence-electron chi connectivity index (χ2n) is 7.45. The predicted molar refractivity (Wildman–Crippen MR) is 119 cm³/mol. The standard InChI is InChI=1S/C24H31NO2S/c1-3-4-5-6-7-8-17-27-22-15-11-20(12-16-22)24-25(23(26)18-28-24)21-13-9-19(2)10-14-21/h9-16,24H,3-8,17-18H2,1-2H3/t24-/m0/s1. The summed E-state index contributed by atoms with van der Waals surface area (Å²) in [4.78, 5) is 14.4. The molecule has 1 aliphatic rings. The third kappa shape index (κ3) is 5.54. The van der Waals surface area contributed by atoms with Gasteiger partial charge in [0.05, 0.1) is 12.4 Å². The van der Waals surface area contributed by atoms with Crippen LogP contribution in [0.1, 0.15) is 61.9 Å². The van der Waals surface area contributed by atoms with E-state index in [1.54, 1.807) is 11.8 Å². The molecule has 0 radical (unpaired) electrons. The molecule has 0 spiro atoms. The minimum atomic E-state index is 0.0304. The van der Waals surface area contributed by atoms with Crippen molar-refractivity contribution < 1.29 is 9.53 Å². The van der Waals surface area contributed by atoms with Crippen LogP contribution in [0.15, 0.2) is 48.5 Å². The average molecular weight is 398 g/mol. The third-order valence-corrected chi connectivity index (χ3v) is 6.32. The van der Waals surface area contributed by atoms with E-state index < -0.39 is 0 Å². The summed E-state index contributed by atoms with van der Waals surface area (Å²) < 4.78 is 5.89. The van der Waals surface area contributed by atoms with Crippen LogP contribution in [0.4, 0.5) is 5.69 Å². The van der Waals surface area contributed by atoms with Crippen LogP contribution in [-0.4, -0.2) is 18.3 Å². The number of benzene rings is 2. The number of amides is 1. The van der Waals surface area contributed by atoms with Crippen LogP contribution >= 0.6 is 11.8 Å². The molecule has 1 fully saturated rings. The predicted octanol–water partition coefficient (Wildman–Crippen LogP) is 6.51. The normalized spacial score (nSPS) is 16.6. The van der Waals surface area contributed by atoms with Gasteiger partial charge in [-0.1, -0.05) is 68.9 Å². The van der Waals surface area contributed by atoms with E-state index in [0.29, 0.717) is 5.75 Å². The molecule has 1 saturated heterocycles. The van der Waals surface area contributed by atoms with Crippen molar-refractivity contribution in [1.82, 2.24) is 0 Å². The molecule has 0 aliphatic carbocycles. The molecule has 0 N–H and O–H groups in total. The highest BCUT2D eigenvalue weighted by atomic mass is 32.2. The Labute approximate surface area is 173 Å². The maximum atomic E-state index is 12.5. The monoisotopic (exact) mass is 397 g/mol. The summed E-state index contributed by atoms with van der Waals surface area (Å²) >= 11 is 1.68. The maximum absolute atomic E-state index is 12.5. The number of rotatable bonds is 10. The first-order valence-corrected chi connectivity index (χ1v) is 11.5. The summed E-state index contributed by atoms with van der Waals surface area (Å²) in [5.41, 5.74) is 3.31. The number of ether oxygens (including phenoxy) is 1. The Morgan fingerprint density at radius 3 is 2.36 bits per heavy atom. The Morgan fingerprint density at radius 1 is 0.964 bits per heavy atom. The first kappa shape index (κ1) is 20.8. The van der Waals surface area contributed by atoms with Gasteiger partial charge in [-0.25, -0.2) is 0 Å². The Morgan fingerprint density at radius 2 is 1.64 bits per heavy atom. The van der Waals surface area contributed by atoms with E-state index in [1.807, 2.05) is 29.2 Å². The first-order valence-electron chi connectivity index (χ1n) is 10.4. The second kappa shape index (κ2) is 10.6. The van der Waals surface area contributed by atoms with Crippen molar-refractivity contribution in [2.24, 2.45) is 0 Å². The quantitative estimate of drug-likeness (QED) is 0.428. The smallest absolute Gasteiger partial charge is 0.238 e. The zero-order chi connectivity index (χ0) is 19.8. The van der Waals surface area contributed by atoms with Crippen LogP contribution in [0, 0.1) is 6.92 Å². The van der Waals surface area contributed by atoms with Gasteiger partial charge in [-0.15, -0.1) is 11.8 Å². The lowest BCUT2D eigenvalue weighted by molar-refractivity contribution is -0.115. The SMILES string of the molecule is CCCCCCCCOc1ccc([C@@H]2SCC(=O)N2c2ccc(C)cc2)cc1. The molecular weight excluding hydrogens is 366 g/mol. The number of aryl methyl sites for hydroxylation is 1. The lowest BCUT2D eigenvalue weighted by Crippen LogP contribution is -2.27. The van der Waals surface area contributed by atoms with Crippen molar-refractivity contribution >= 4 is 23.4 Å². The van der Waals surface area contributed by atoms with Crippen LogP contribution in [0.5, 0.6) is 5.75 Å². The highest BCUT2D eigenvalue weighted by Gasteiger charge is 2.33. The minimum Gasteiger partial charge on any atom is -0.494 e. The number of carbonyl (C=O) groups is 1. The Bertz CT molecular complexity index is 742. The van der Waals surface area contributed by atoms with Crippen LogP contribution in [0.25, 0.3) is 0 Å². The summed E-state index contributed by atoms with van der Waals surface area (Å²) in [6.07, 6.45) is 7.61. The van der Waals surface area contributed by atoms with Crippen LogP contribution in [0.3, 0.4) is 0 Å². The van der Waals surface area contributed by atoms with E-state index in [4.69, 9.17) is 4.74 Å². The Balaban J connectivity index is 1.55. The summed E-state index contributed by atoms with van der Waals surface area (Å²) in [6, 6.07) is 16.4. The summed E-state index contributed by atoms with van der Waals surface area (Å²) in [7, 11) is 0. The molecule has 0 saturated carbocycles. The third-order valence-electron chi connectivity index (χ3n) is 5.11. The largest absolute Gasteiger partial charge is 0.494 e. The number of hydrogen-bond acceptors (Lipinski definition) is 3. The van der Waals surface area contributed by atoms with Crippen molar-refractivity contribution in [1.29, 1.82) is 0 Å². The highest BCUT2D eigenvalue weighted by Crippen LogP contribution is 2.42. The van der Waals surface area contributed by atoms with Gasteiger partial charge in [-0.3, -0.25) is 9.69 Å². The van der Waals surface area contributed by atoms with Gasteiger partial charge in [0, 0.05) is 5.69 Å². The molecule has 2 aromatic carbocycles. The maximum Gasteiger partial charge on any atom is 0.238 e. The fraction of sp³-hybridized carbons (Fsp3) is 0.458. The van der Waals surface area contributed by atoms with Crippen molar-refractivity contribution in [2.75, 3.05) is 17.3 Å². The lowest BCUT2D eigenvalue weighted by Gasteiger charge is -2.24. The van der Waals surface area contributed by atoms with Gasteiger partial charge in [0.1, 0.15) is 11.1 Å². The number of unbranched alkanes of at least 4 members (excludes halogenated alkanes) is 5. The summed E-state index contributed by atoms with van der Waals surface area (Å²) in [6.45, 7) is 5.08. The summed E-state index contributed by atoms with van der Waals surface area (Å²) in [5.74, 6) is 1.60. The van der Waals surface area contributed by atoms with E-state index in [9.17, 15) is 4.79 Å². The number of hydrogen-bond donors (Lipinski definition) is 0. The van der Waals surface area contributed by atoms with Crippen molar-refractivity contribution in [3.63, 3.8) is 0 Å². The van der Waals surface area contributed by atoms with Crippen LogP contribution in [-0.2, 0) is 4.79 Å². The highest BCUT2D eigenvalue weighted by molar-refractivity contribution is 8.00. The molecule has 150 valence electrons. The zero-order valence-electron chi connectivity index (χ0n) is 17.0. The molecule has 2 aromatic rings. The van der Waals surface area contributed by atoms with Gasteiger partial charge in [-0.05, 0) is 43.2 Å². The summed E-state index contributed by atoms with van der Waals surface area (Å²) in [5, 5.41) is 0.0304. The molecule has 4 heteroatoms. The molecule has 1 heterocycles. The molecule has 0 aromatic heterocycles. The minimum absolute atomic E-state index is 0.0304. The van der Waals surface area contributed by atoms with E-state index in [0.717, 1.165) is 30.0 Å². The number of anilines is 1. The number of carbonyl (C=O) groups excluding carboxylic acids is 1. The molecule has 0 unspecified atom stereocenters. The van der Waals surface area contributed by atoms with Crippen LogP contribution < -0.4 is 9.64 Å². The van der Waals surface area contributed by atoms with Gasteiger partial charge >= 0.3 is 0 Å². The molecule has 1 amide bonds. The lowest BCUT2D eigenvalue weighted by atomic mass is 10.1. The average Bonchev–Trinajstić information content (AvgIpc) is 3.10. The number of thioether (sulfide) groups is 1. The van der Waals surface area contributed by atoms with E-state index in [-0.39, 0.29) is 11.3 Å². The van der Waals surface area contributed by atoms with Gasteiger partial charge < -0.3 is 4.74 Å². The topological polar surface area (TPSA) is 29.5 Å². The van der Waals surface area contributed by atoms with Gasteiger partial charge in [0.2, 0.25) is 5.91 Å². The van der Waals surface area contributed by atoms with Crippen molar-refractivity contribution in [3.8, 4) is 5.75 Å². The fourth-order valence-electron chi connectivity index (χ4n) is 3.46. The van der Waals surface area contributed by atoms with Crippen LogP contribution in [0.2, 0.25) is 0 Å². The van der Waals surface area contributed by atoms with Gasteiger partial charge in [0.15, 0.2) is 0 Å². The Kier molecular flexibility index (Phi) is 7.84. The van der Waals surface area contributed by atoms with Crippen molar-refractivity contribution in [2.45, 2.75) is 57.7 Å². The zero-order valence-corrected chi connectivity index (χ0v) is 17.8. The number of nitrogens with zero attached hydrogens (tertiary/aromatic N) is 1. The van der Waals surface area contributed by atoms with Gasteiger partial charge in [-0.2, -0.15) is 0 Å². The molecule has 28 heavy (non-hydrogen) atoms. The van der Waals surface area contributed by atoms with E-state index >= 15 is 0 Å². The molecule has 1 atom stereocenters. The van der Waals surface area contributed by atoms with E-state index in [1.165, 1.54) is 37.7 Å². The molecule has 1 aliphatic heterocycles. The molecule has 3 nitrogen and oxygen atoms in total. The van der Waals surface area contributed by atoms with Crippen molar-refractivity contribution in [3.05, 3.63) is 59.7 Å². The molecule has 0 bridgehead atoms. The second-order valence-corrected chi connectivity index (χ2v) is 8.52. The fourth-order valence-corrected chi connectivity index (χ4v) is 4.63. The van der Waals surface area contributed by atoms with E-state index in [2.05, 4.69) is 38.1 Å². The Hall–Kier alpha value is -1.94.